The lowest BCUT2D eigenvalue weighted by Crippen LogP contribution is -2.23. The summed E-state index contributed by atoms with van der Waals surface area (Å²) in [5.74, 6) is -1.37. The molecule has 2 amide bonds. The zero-order valence-electron chi connectivity index (χ0n) is 24.4. The van der Waals surface area contributed by atoms with Gasteiger partial charge in [0.1, 0.15) is 18.5 Å². The number of nitrogens with one attached hydrogen (secondary N) is 2. The highest BCUT2D eigenvalue weighted by Gasteiger charge is 2.28. The summed E-state index contributed by atoms with van der Waals surface area (Å²) in [6, 6.07) is 6.02. The molecule has 11 heteroatoms. The minimum atomic E-state index is -1.30. The largest absolute Gasteiger partial charge is 0.465 e. The summed E-state index contributed by atoms with van der Waals surface area (Å²) < 4.78 is 17.8. The van der Waals surface area contributed by atoms with Crippen LogP contribution >= 0.6 is 0 Å². The number of allylic oxidation sites excluding steroid dienone is 1. The zero-order chi connectivity index (χ0) is 29.9. The molecule has 0 aliphatic rings. The fraction of sp³-hybridized carbons (Fsp3) is 0.448. The van der Waals surface area contributed by atoms with E-state index in [1.165, 1.54) is 13.2 Å². The van der Waals surface area contributed by atoms with E-state index in [1.807, 2.05) is 0 Å². The maximum absolute atomic E-state index is 12.9. The van der Waals surface area contributed by atoms with Gasteiger partial charge in [0.15, 0.2) is 0 Å². The molecule has 0 saturated carbocycles. The molecular formula is C29H42N4O6Si. The van der Waals surface area contributed by atoms with E-state index in [0.717, 1.165) is 6.04 Å². The van der Waals surface area contributed by atoms with Crippen molar-refractivity contribution in [2.75, 3.05) is 31.0 Å². The number of esters is 1. The predicted octanol–water partition coefficient (Wildman–Crippen LogP) is 6.02. The van der Waals surface area contributed by atoms with Crippen molar-refractivity contribution < 1.29 is 28.6 Å². The lowest BCUT2D eigenvalue weighted by atomic mass is 10.0. The number of nitrogens with zero attached hydrogens (tertiary/aromatic N) is 2. The molecule has 0 aliphatic heterocycles. The van der Waals surface area contributed by atoms with Crippen LogP contribution in [-0.2, 0) is 30.5 Å². The fourth-order valence-electron chi connectivity index (χ4n) is 3.67. The Morgan fingerprint density at radius 2 is 1.90 bits per heavy atom. The number of carbonyl (C=O) groups is 3. The first-order chi connectivity index (χ1) is 18.9. The molecule has 2 aromatic rings. The second-order valence-corrected chi connectivity index (χ2v) is 16.1. The number of ether oxygens (including phenoxy) is 3. The maximum Gasteiger partial charge on any atom is 0.411 e. The Kier molecular flexibility index (Phi) is 12.3. The number of anilines is 2. The van der Waals surface area contributed by atoms with Crippen molar-refractivity contribution in [2.24, 2.45) is 5.92 Å². The Balaban J connectivity index is 2.59. The highest BCUT2D eigenvalue weighted by atomic mass is 28.3. The molecule has 2 rings (SSSR count). The minimum absolute atomic E-state index is 0.191. The van der Waals surface area contributed by atoms with Crippen LogP contribution in [0.15, 0.2) is 49.7 Å². The molecule has 2 atom stereocenters. The fourth-order valence-corrected chi connectivity index (χ4v) is 4.43. The summed E-state index contributed by atoms with van der Waals surface area (Å²) in [5.41, 5.74) is 1.93. The molecule has 1 aromatic carbocycles. The number of hydrogen-bond acceptors (Lipinski definition) is 7. The van der Waals surface area contributed by atoms with Gasteiger partial charge in [0.05, 0.1) is 31.0 Å². The third-order valence-corrected chi connectivity index (χ3v) is 7.78. The van der Waals surface area contributed by atoms with Gasteiger partial charge in [-0.25, -0.2) is 9.78 Å². The average molecular weight is 571 g/mol. The Morgan fingerprint density at radius 1 is 1.18 bits per heavy atom. The van der Waals surface area contributed by atoms with E-state index in [9.17, 15) is 14.4 Å². The van der Waals surface area contributed by atoms with Gasteiger partial charge in [-0.05, 0) is 37.6 Å². The van der Waals surface area contributed by atoms with Crippen LogP contribution in [0.2, 0.25) is 25.7 Å². The second-order valence-electron chi connectivity index (χ2n) is 10.5. The van der Waals surface area contributed by atoms with Crippen molar-refractivity contribution in [3.05, 3.63) is 55.5 Å². The lowest BCUT2D eigenvalue weighted by Gasteiger charge is -2.18. The zero-order valence-corrected chi connectivity index (χ0v) is 25.4. The Labute approximate surface area is 237 Å². The lowest BCUT2D eigenvalue weighted by molar-refractivity contribution is -0.145. The van der Waals surface area contributed by atoms with Crippen molar-refractivity contribution in [3.63, 3.8) is 0 Å². The number of benzene rings is 1. The van der Waals surface area contributed by atoms with Crippen LogP contribution in [0.4, 0.5) is 16.2 Å². The molecule has 0 spiro atoms. The second kappa shape index (κ2) is 15.2. The maximum atomic E-state index is 12.9. The van der Waals surface area contributed by atoms with E-state index in [4.69, 9.17) is 19.2 Å². The minimum Gasteiger partial charge on any atom is -0.465 e. The van der Waals surface area contributed by atoms with E-state index in [0.29, 0.717) is 41.5 Å². The molecule has 1 aromatic heterocycles. The van der Waals surface area contributed by atoms with Gasteiger partial charge in [0.2, 0.25) is 5.91 Å². The third-order valence-electron chi connectivity index (χ3n) is 6.07. The quantitative estimate of drug-likeness (QED) is 0.116. The van der Waals surface area contributed by atoms with Gasteiger partial charge in [-0.15, -0.1) is 13.2 Å². The van der Waals surface area contributed by atoms with Gasteiger partial charge in [0, 0.05) is 32.1 Å². The Morgan fingerprint density at radius 3 is 2.50 bits per heavy atom. The van der Waals surface area contributed by atoms with Gasteiger partial charge in [-0.1, -0.05) is 38.7 Å². The van der Waals surface area contributed by atoms with Gasteiger partial charge in [-0.2, -0.15) is 0 Å². The standard InChI is InChI=1S/C29H42N4O6Si/c1-9-12-23(28(35)39-11-3)26-31-25(18-33(26)19-38-15-16-40(6,7)8)22-14-13-21(30-29(36)37-5)17-24(22)32-27(34)20(4)10-2/h9-10,13-14,17-18,20,23H,1-2,11-12,15-16,19H2,3-8H3,(H,30,36)(H,32,34)/t20-,23?/m1/s1. The number of methoxy groups -OCH3 is 1. The number of carbonyl (C=O) groups excluding carboxylic acids is 3. The van der Waals surface area contributed by atoms with Crippen LogP contribution < -0.4 is 10.6 Å². The summed E-state index contributed by atoms with van der Waals surface area (Å²) in [6.07, 6.45) is 4.66. The van der Waals surface area contributed by atoms with E-state index < -0.39 is 32.0 Å². The summed E-state index contributed by atoms with van der Waals surface area (Å²) in [5, 5.41) is 5.51. The SMILES string of the molecule is C=CCC(C(=O)OCC)c1nc(-c2ccc(NC(=O)OC)cc2NC(=O)[C@H](C)C=C)cn1COCC[Si](C)(C)C. The first-order valence-electron chi connectivity index (χ1n) is 13.3. The van der Waals surface area contributed by atoms with E-state index in [2.05, 4.69) is 43.4 Å². The monoisotopic (exact) mass is 570 g/mol. The van der Waals surface area contributed by atoms with Crippen molar-refractivity contribution in [3.8, 4) is 11.3 Å². The molecule has 0 saturated heterocycles. The van der Waals surface area contributed by atoms with E-state index in [-0.39, 0.29) is 19.2 Å². The number of amides is 2. The van der Waals surface area contributed by atoms with Gasteiger partial charge in [0.25, 0.3) is 0 Å². The molecular weight excluding hydrogens is 528 g/mol. The molecule has 1 unspecified atom stereocenters. The Bertz CT molecular complexity index is 1200. The first-order valence-corrected chi connectivity index (χ1v) is 17.0. The molecule has 0 aliphatic carbocycles. The van der Waals surface area contributed by atoms with Crippen LogP contribution in [-0.4, -0.2) is 55.9 Å². The van der Waals surface area contributed by atoms with Crippen LogP contribution in [0.5, 0.6) is 0 Å². The van der Waals surface area contributed by atoms with Crippen LogP contribution in [0.3, 0.4) is 0 Å². The molecule has 0 fully saturated rings. The summed E-state index contributed by atoms with van der Waals surface area (Å²) in [7, 11) is -0.0335. The van der Waals surface area contributed by atoms with Crippen LogP contribution in [0.1, 0.15) is 32.0 Å². The molecule has 0 radical (unpaired) electrons. The van der Waals surface area contributed by atoms with Gasteiger partial charge in [-0.3, -0.25) is 14.9 Å². The number of aromatic nitrogens is 2. The smallest absolute Gasteiger partial charge is 0.411 e. The van der Waals surface area contributed by atoms with E-state index in [1.54, 1.807) is 48.9 Å². The Hall–Kier alpha value is -3.70. The van der Waals surface area contributed by atoms with Crippen molar-refractivity contribution in [1.82, 2.24) is 9.55 Å². The summed E-state index contributed by atoms with van der Waals surface area (Å²) in [4.78, 5) is 42.3. The first kappa shape index (κ1) is 32.5. The molecule has 0 bridgehead atoms. The summed E-state index contributed by atoms with van der Waals surface area (Å²) in [6.45, 7) is 18.8. The van der Waals surface area contributed by atoms with Crippen LogP contribution in [0, 0.1) is 5.92 Å². The summed E-state index contributed by atoms with van der Waals surface area (Å²) >= 11 is 0. The van der Waals surface area contributed by atoms with Crippen molar-refractivity contribution in [2.45, 2.75) is 58.6 Å². The highest BCUT2D eigenvalue weighted by molar-refractivity contribution is 6.76. The normalized spacial score (nSPS) is 12.7. The topological polar surface area (TPSA) is 121 Å². The van der Waals surface area contributed by atoms with Gasteiger partial charge >= 0.3 is 12.1 Å². The van der Waals surface area contributed by atoms with E-state index >= 15 is 0 Å². The number of rotatable bonds is 15. The third kappa shape index (κ3) is 9.49. The molecule has 10 nitrogen and oxygen atoms in total. The van der Waals surface area contributed by atoms with Crippen LogP contribution in [0.25, 0.3) is 11.3 Å². The van der Waals surface area contributed by atoms with Crippen molar-refractivity contribution in [1.29, 1.82) is 0 Å². The number of imidazole rings is 1. The molecule has 218 valence electrons. The van der Waals surface area contributed by atoms with Crippen molar-refractivity contribution >= 4 is 37.4 Å². The average Bonchev–Trinajstić information content (AvgIpc) is 3.32. The highest BCUT2D eigenvalue weighted by Crippen LogP contribution is 2.33. The predicted molar refractivity (Wildman–Crippen MR) is 160 cm³/mol. The molecule has 40 heavy (non-hydrogen) atoms. The molecule has 2 N–H and O–H groups in total. The molecule has 1 heterocycles. The van der Waals surface area contributed by atoms with Gasteiger partial charge < -0.3 is 24.1 Å². The number of hydrogen-bond donors (Lipinski definition) is 2.